The predicted octanol–water partition coefficient (Wildman–Crippen LogP) is -1.83. The van der Waals surface area contributed by atoms with E-state index < -0.39 is 11.9 Å². The van der Waals surface area contributed by atoms with Gasteiger partial charge >= 0.3 is 6.03 Å². The zero-order valence-corrected chi connectivity index (χ0v) is 8.66. The summed E-state index contributed by atoms with van der Waals surface area (Å²) in [7, 11) is 1.52. The number of methoxy groups -OCH3 is 1. The van der Waals surface area contributed by atoms with E-state index in [1.165, 1.54) is 7.11 Å². The van der Waals surface area contributed by atoms with E-state index in [-0.39, 0.29) is 19.2 Å². The Bertz CT molecular complexity index is 204. The lowest BCUT2D eigenvalue weighted by molar-refractivity contribution is -0.119. The minimum atomic E-state index is -0.882. The van der Waals surface area contributed by atoms with Gasteiger partial charge in [-0.15, -0.1) is 0 Å². The summed E-state index contributed by atoms with van der Waals surface area (Å²) in [5.74, 6) is -0.512. The van der Waals surface area contributed by atoms with Crippen molar-refractivity contribution in [2.45, 2.75) is 12.5 Å². The van der Waals surface area contributed by atoms with Crippen LogP contribution in [0.3, 0.4) is 0 Å². The average Bonchev–Trinajstić information content (AvgIpc) is 2.14. The van der Waals surface area contributed by atoms with E-state index >= 15 is 0 Å². The standard InChI is InChI=1S/C8H17N3O4/c1-15-5-6(2-3-12)10-4-7(13)11-8(9)14/h6,10,12H,2-5H2,1H3,(H3,9,11,13,14). The van der Waals surface area contributed by atoms with E-state index in [1.807, 2.05) is 5.32 Å². The summed E-state index contributed by atoms with van der Waals surface area (Å²) in [4.78, 5) is 21.3. The van der Waals surface area contributed by atoms with Gasteiger partial charge in [-0.3, -0.25) is 10.1 Å². The molecule has 0 radical (unpaired) electrons. The fourth-order valence-corrected chi connectivity index (χ4v) is 1.02. The Labute approximate surface area is 88.0 Å². The van der Waals surface area contributed by atoms with Crippen LogP contribution in [0.1, 0.15) is 6.42 Å². The van der Waals surface area contributed by atoms with Crippen LogP contribution in [0.5, 0.6) is 0 Å². The highest BCUT2D eigenvalue weighted by atomic mass is 16.5. The third kappa shape index (κ3) is 7.86. The second kappa shape index (κ2) is 8.16. The molecule has 0 aromatic heterocycles. The van der Waals surface area contributed by atoms with Crippen molar-refractivity contribution in [1.29, 1.82) is 0 Å². The molecular formula is C8H17N3O4. The van der Waals surface area contributed by atoms with E-state index in [4.69, 9.17) is 15.6 Å². The summed E-state index contributed by atoms with van der Waals surface area (Å²) in [6, 6.07) is -1.01. The van der Waals surface area contributed by atoms with Gasteiger partial charge in [0.2, 0.25) is 5.91 Å². The number of rotatable bonds is 7. The van der Waals surface area contributed by atoms with Gasteiger partial charge in [0, 0.05) is 19.8 Å². The molecule has 88 valence electrons. The number of urea groups is 1. The average molecular weight is 219 g/mol. The molecule has 7 heteroatoms. The summed E-state index contributed by atoms with van der Waals surface area (Å²) >= 11 is 0. The molecule has 7 nitrogen and oxygen atoms in total. The van der Waals surface area contributed by atoms with Crippen molar-refractivity contribution in [3.8, 4) is 0 Å². The quantitative estimate of drug-likeness (QED) is 0.402. The summed E-state index contributed by atoms with van der Waals surface area (Å²) < 4.78 is 4.87. The lowest BCUT2D eigenvalue weighted by Crippen LogP contribution is -2.44. The first-order valence-electron chi connectivity index (χ1n) is 4.52. The van der Waals surface area contributed by atoms with Crippen molar-refractivity contribution >= 4 is 11.9 Å². The Morgan fingerprint density at radius 2 is 2.20 bits per heavy atom. The van der Waals surface area contributed by atoms with Gasteiger partial charge < -0.3 is 20.9 Å². The molecule has 0 aliphatic carbocycles. The molecule has 15 heavy (non-hydrogen) atoms. The molecule has 1 atom stereocenters. The van der Waals surface area contributed by atoms with Gasteiger partial charge in [-0.2, -0.15) is 0 Å². The minimum absolute atomic E-state index is 0.00152. The number of imide groups is 1. The third-order valence-electron chi connectivity index (χ3n) is 1.66. The number of amides is 3. The summed E-state index contributed by atoms with van der Waals surface area (Å²) in [6.45, 7) is 0.333. The largest absolute Gasteiger partial charge is 0.396 e. The molecule has 0 aromatic rings. The molecule has 0 fully saturated rings. The van der Waals surface area contributed by atoms with Crippen LogP contribution >= 0.6 is 0 Å². The van der Waals surface area contributed by atoms with Crippen molar-refractivity contribution in [2.24, 2.45) is 5.73 Å². The van der Waals surface area contributed by atoms with Crippen LogP contribution in [0.15, 0.2) is 0 Å². The van der Waals surface area contributed by atoms with E-state index in [2.05, 4.69) is 5.32 Å². The molecule has 3 amide bonds. The van der Waals surface area contributed by atoms with Gasteiger partial charge in [0.05, 0.1) is 13.2 Å². The zero-order valence-electron chi connectivity index (χ0n) is 8.66. The normalized spacial score (nSPS) is 12.1. The van der Waals surface area contributed by atoms with Gasteiger partial charge in [0.15, 0.2) is 0 Å². The fraction of sp³-hybridized carbons (Fsp3) is 0.750. The Balaban J connectivity index is 3.77. The van der Waals surface area contributed by atoms with Crippen LogP contribution in [0.2, 0.25) is 0 Å². The number of carbonyl (C=O) groups is 2. The molecule has 0 bridgehead atoms. The molecule has 0 saturated carbocycles. The first-order valence-corrected chi connectivity index (χ1v) is 4.52. The van der Waals surface area contributed by atoms with Crippen molar-refractivity contribution < 1.29 is 19.4 Å². The van der Waals surface area contributed by atoms with Gasteiger partial charge in [0.1, 0.15) is 0 Å². The smallest absolute Gasteiger partial charge is 0.318 e. The number of hydrogen-bond acceptors (Lipinski definition) is 5. The van der Waals surface area contributed by atoms with Crippen LogP contribution < -0.4 is 16.4 Å². The molecule has 0 heterocycles. The number of aliphatic hydroxyl groups is 1. The number of nitrogens with two attached hydrogens (primary N) is 1. The van der Waals surface area contributed by atoms with Gasteiger partial charge in [-0.1, -0.05) is 0 Å². The molecule has 0 saturated heterocycles. The lowest BCUT2D eigenvalue weighted by Gasteiger charge is -2.15. The maximum atomic E-state index is 11.0. The van der Waals surface area contributed by atoms with Crippen LogP contribution in [0.25, 0.3) is 0 Å². The van der Waals surface area contributed by atoms with E-state index in [0.717, 1.165) is 0 Å². The van der Waals surface area contributed by atoms with Crippen molar-refractivity contribution in [2.75, 3.05) is 26.9 Å². The van der Waals surface area contributed by atoms with Gasteiger partial charge in [0.25, 0.3) is 0 Å². The van der Waals surface area contributed by atoms with Gasteiger partial charge in [-0.05, 0) is 6.42 Å². The van der Waals surface area contributed by atoms with Crippen molar-refractivity contribution in [1.82, 2.24) is 10.6 Å². The topological polar surface area (TPSA) is 114 Å². The SMILES string of the molecule is COCC(CCO)NCC(=O)NC(N)=O. The Morgan fingerprint density at radius 1 is 1.53 bits per heavy atom. The number of ether oxygens (including phenoxy) is 1. The summed E-state index contributed by atoms with van der Waals surface area (Å²) in [5.41, 5.74) is 4.75. The summed E-state index contributed by atoms with van der Waals surface area (Å²) in [5, 5.41) is 13.4. The number of hydrogen-bond donors (Lipinski definition) is 4. The van der Waals surface area contributed by atoms with E-state index in [9.17, 15) is 9.59 Å². The fourth-order valence-electron chi connectivity index (χ4n) is 1.02. The highest BCUT2D eigenvalue weighted by molar-refractivity contribution is 5.94. The third-order valence-corrected chi connectivity index (χ3v) is 1.66. The molecule has 0 aliphatic rings. The molecule has 0 aromatic carbocycles. The lowest BCUT2D eigenvalue weighted by atomic mass is 10.2. The predicted molar refractivity (Wildman–Crippen MR) is 53.1 cm³/mol. The first kappa shape index (κ1) is 13.8. The van der Waals surface area contributed by atoms with E-state index in [1.54, 1.807) is 0 Å². The Hall–Kier alpha value is -1.18. The zero-order chi connectivity index (χ0) is 11.7. The monoisotopic (exact) mass is 219 g/mol. The van der Waals surface area contributed by atoms with Crippen molar-refractivity contribution in [3.63, 3.8) is 0 Å². The molecular weight excluding hydrogens is 202 g/mol. The van der Waals surface area contributed by atoms with E-state index in [0.29, 0.717) is 13.0 Å². The maximum absolute atomic E-state index is 11.0. The van der Waals surface area contributed by atoms with Crippen LogP contribution in [-0.2, 0) is 9.53 Å². The highest BCUT2D eigenvalue weighted by Gasteiger charge is 2.10. The summed E-state index contributed by atoms with van der Waals surface area (Å²) in [6.07, 6.45) is 0.470. The number of aliphatic hydroxyl groups excluding tert-OH is 1. The highest BCUT2D eigenvalue weighted by Crippen LogP contribution is 1.90. The Kier molecular flexibility index (Phi) is 7.51. The van der Waals surface area contributed by atoms with Crippen molar-refractivity contribution in [3.05, 3.63) is 0 Å². The Morgan fingerprint density at radius 3 is 2.67 bits per heavy atom. The van der Waals surface area contributed by atoms with Crippen LogP contribution in [0, 0.1) is 0 Å². The first-order chi connectivity index (χ1) is 7.10. The molecule has 1 unspecified atom stereocenters. The maximum Gasteiger partial charge on any atom is 0.318 e. The van der Waals surface area contributed by atoms with Crippen LogP contribution in [-0.4, -0.2) is 50.0 Å². The minimum Gasteiger partial charge on any atom is -0.396 e. The molecule has 5 N–H and O–H groups in total. The number of nitrogens with one attached hydrogen (secondary N) is 2. The van der Waals surface area contributed by atoms with Gasteiger partial charge in [-0.25, -0.2) is 4.79 Å². The second-order valence-corrected chi connectivity index (χ2v) is 2.96. The number of primary amides is 1. The number of carbonyl (C=O) groups excluding carboxylic acids is 2. The second-order valence-electron chi connectivity index (χ2n) is 2.96. The van der Waals surface area contributed by atoms with Crippen LogP contribution in [0.4, 0.5) is 4.79 Å². The molecule has 0 aliphatic heterocycles. The molecule has 0 spiro atoms. The molecule has 0 rings (SSSR count).